The van der Waals surface area contributed by atoms with E-state index in [0.29, 0.717) is 20.7 Å². The average molecular weight is 523 g/mol. The Morgan fingerprint density at radius 3 is 1.00 bits per heavy atom. The molecule has 0 bridgehead atoms. The van der Waals surface area contributed by atoms with Crippen molar-refractivity contribution in [2.45, 2.75) is 24.2 Å². The molecule has 10 heteroatoms. The van der Waals surface area contributed by atoms with Gasteiger partial charge >= 0.3 is 23.9 Å². The third kappa shape index (κ3) is 4.48. The van der Waals surface area contributed by atoms with Crippen molar-refractivity contribution in [3.05, 3.63) is 84.9 Å². The Hall–Kier alpha value is -4.03. The second kappa shape index (κ2) is 10.3. The summed E-state index contributed by atoms with van der Waals surface area (Å²) in [7, 11) is -7.42. The van der Waals surface area contributed by atoms with E-state index < -0.39 is 51.1 Å². The minimum Gasteiger partial charge on any atom is -0.481 e. The van der Waals surface area contributed by atoms with Gasteiger partial charge in [-0.2, -0.15) is 0 Å². The van der Waals surface area contributed by atoms with Crippen LogP contribution in [0.1, 0.15) is 0 Å². The minimum atomic E-state index is -3.71. The number of hydrogen-bond donors (Lipinski definition) is 4. The monoisotopic (exact) mass is 522 g/mol. The van der Waals surface area contributed by atoms with E-state index in [1.807, 2.05) is 0 Å². The SMILES string of the molecule is C[Si](c1ccccc1)(c1ccccc1[Si](C)(c1ccccc1)C(C(=O)O)C(=O)O)C(C(=O)O)C(=O)O. The predicted molar refractivity (Wildman–Crippen MR) is 139 cm³/mol. The number of aliphatic carboxylic acids is 4. The summed E-state index contributed by atoms with van der Waals surface area (Å²) in [6.07, 6.45) is 0. The highest BCUT2D eigenvalue weighted by atomic mass is 28.3. The molecule has 0 radical (unpaired) electrons. The summed E-state index contributed by atoms with van der Waals surface area (Å²) >= 11 is 0. The van der Waals surface area contributed by atoms with Gasteiger partial charge in [-0.3, -0.25) is 19.2 Å². The Balaban J connectivity index is 2.51. The third-order valence-electron chi connectivity index (χ3n) is 6.94. The molecule has 186 valence electrons. The fraction of sp³-hybridized carbons (Fsp3) is 0.154. The van der Waals surface area contributed by atoms with E-state index in [4.69, 9.17) is 0 Å². The van der Waals surface area contributed by atoms with Gasteiger partial charge in [0.05, 0.1) is 0 Å². The molecular formula is C26H26O8Si2. The highest BCUT2D eigenvalue weighted by Gasteiger charge is 2.55. The zero-order chi connectivity index (χ0) is 26.7. The lowest BCUT2D eigenvalue weighted by atomic mass is 10.3. The van der Waals surface area contributed by atoms with Gasteiger partial charge in [0, 0.05) is 0 Å². The molecule has 0 saturated heterocycles. The molecule has 0 aliphatic carbocycles. The van der Waals surface area contributed by atoms with E-state index in [1.54, 1.807) is 98.0 Å². The van der Waals surface area contributed by atoms with E-state index in [-0.39, 0.29) is 0 Å². The van der Waals surface area contributed by atoms with Crippen molar-refractivity contribution in [1.29, 1.82) is 0 Å². The maximum atomic E-state index is 12.4. The summed E-state index contributed by atoms with van der Waals surface area (Å²) in [6, 6.07) is 23.5. The first-order valence-corrected chi connectivity index (χ1v) is 16.2. The molecule has 2 unspecified atom stereocenters. The van der Waals surface area contributed by atoms with Crippen molar-refractivity contribution in [3.63, 3.8) is 0 Å². The minimum absolute atomic E-state index is 0.400. The first kappa shape index (κ1) is 26.6. The Kier molecular flexibility index (Phi) is 7.61. The largest absolute Gasteiger partial charge is 0.481 e. The standard InChI is InChI=1S/C26H26O8Si2/c1-35(17-11-5-3-6-12-17,21(23(27)28)24(29)30)19-15-9-10-16-20(19)36(2,18-13-7-4-8-14-18)22(25(31)32)26(33)34/h3-16,21-22H,1-2H3,(H,27,28)(H,29,30)(H,31,32)(H,33,34). The molecular weight excluding hydrogens is 496 g/mol. The Bertz CT molecular complexity index is 1170. The highest BCUT2D eigenvalue weighted by Crippen LogP contribution is 2.27. The zero-order valence-corrected chi connectivity index (χ0v) is 21.7. The molecule has 0 fully saturated rings. The van der Waals surface area contributed by atoms with Crippen molar-refractivity contribution in [2.75, 3.05) is 0 Å². The summed E-state index contributed by atoms with van der Waals surface area (Å²) in [6.45, 7) is 3.26. The molecule has 3 aromatic rings. The molecule has 0 spiro atoms. The second-order valence-corrected chi connectivity index (χ2v) is 17.1. The molecule has 0 amide bonds. The number of carboxylic acid groups (broad SMARTS) is 4. The summed E-state index contributed by atoms with van der Waals surface area (Å²) in [5.41, 5.74) is -3.61. The normalized spacial score (nSPS) is 14.6. The highest BCUT2D eigenvalue weighted by molar-refractivity contribution is 7.13. The second-order valence-electron chi connectivity index (χ2n) is 8.90. The van der Waals surface area contributed by atoms with E-state index in [9.17, 15) is 39.6 Å². The lowest BCUT2D eigenvalue weighted by Crippen LogP contribution is -2.74. The Morgan fingerprint density at radius 1 is 0.500 bits per heavy atom. The van der Waals surface area contributed by atoms with Gasteiger partial charge in [-0.25, -0.2) is 0 Å². The quantitative estimate of drug-likeness (QED) is 0.229. The van der Waals surface area contributed by atoms with Crippen LogP contribution in [0.15, 0.2) is 84.9 Å². The van der Waals surface area contributed by atoms with Gasteiger partial charge in [-0.1, -0.05) is 119 Å². The van der Waals surface area contributed by atoms with Crippen molar-refractivity contribution in [3.8, 4) is 0 Å². The van der Waals surface area contributed by atoms with Gasteiger partial charge in [0.25, 0.3) is 0 Å². The maximum absolute atomic E-state index is 12.4. The fourth-order valence-corrected chi connectivity index (χ4v) is 14.5. The molecule has 8 nitrogen and oxygen atoms in total. The molecule has 3 aromatic carbocycles. The van der Waals surface area contributed by atoms with Gasteiger partial charge in [0.2, 0.25) is 0 Å². The number of rotatable bonds is 10. The van der Waals surface area contributed by atoms with Crippen LogP contribution < -0.4 is 20.7 Å². The Morgan fingerprint density at radius 2 is 0.750 bits per heavy atom. The molecule has 0 heterocycles. The first-order valence-electron chi connectivity index (χ1n) is 11.1. The number of carboxylic acids is 4. The molecule has 0 aliphatic heterocycles. The molecule has 0 aromatic heterocycles. The van der Waals surface area contributed by atoms with E-state index in [2.05, 4.69) is 0 Å². The Labute approximate surface area is 209 Å². The predicted octanol–water partition coefficient (Wildman–Crippen LogP) is 1.15. The van der Waals surface area contributed by atoms with Crippen LogP contribution in [-0.4, -0.2) is 60.5 Å². The topological polar surface area (TPSA) is 149 Å². The van der Waals surface area contributed by atoms with Gasteiger partial charge in [0.1, 0.15) is 16.1 Å². The van der Waals surface area contributed by atoms with Crippen LogP contribution >= 0.6 is 0 Å². The molecule has 36 heavy (non-hydrogen) atoms. The molecule has 4 N–H and O–H groups in total. The zero-order valence-electron chi connectivity index (χ0n) is 19.7. The molecule has 3 rings (SSSR count). The van der Waals surface area contributed by atoms with Gasteiger partial charge < -0.3 is 20.4 Å². The molecule has 0 aliphatic rings. The fourth-order valence-electron chi connectivity index (χ4n) is 5.11. The summed E-state index contributed by atoms with van der Waals surface area (Å²) in [5.74, 6) is -6.03. The summed E-state index contributed by atoms with van der Waals surface area (Å²) in [4.78, 5) is 49.6. The van der Waals surface area contributed by atoms with Crippen LogP contribution in [-0.2, 0) is 19.2 Å². The van der Waals surface area contributed by atoms with Gasteiger partial charge in [0.15, 0.2) is 11.1 Å². The van der Waals surface area contributed by atoms with E-state index >= 15 is 0 Å². The van der Waals surface area contributed by atoms with Crippen molar-refractivity contribution < 1.29 is 39.6 Å². The van der Waals surface area contributed by atoms with E-state index in [1.165, 1.54) is 0 Å². The lowest BCUT2D eigenvalue weighted by molar-refractivity contribution is -0.149. The summed E-state index contributed by atoms with van der Waals surface area (Å²) < 4.78 is 0. The van der Waals surface area contributed by atoms with Crippen LogP contribution in [0.5, 0.6) is 0 Å². The smallest absolute Gasteiger partial charge is 0.315 e. The number of benzene rings is 3. The molecule has 2 atom stereocenters. The van der Waals surface area contributed by atoms with E-state index in [0.717, 1.165) is 0 Å². The van der Waals surface area contributed by atoms with Crippen LogP contribution in [0.25, 0.3) is 0 Å². The van der Waals surface area contributed by atoms with Crippen LogP contribution in [0.2, 0.25) is 24.2 Å². The number of hydrogen-bond acceptors (Lipinski definition) is 4. The first-order chi connectivity index (χ1) is 17.0. The van der Waals surface area contributed by atoms with Crippen molar-refractivity contribution in [1.82, 2.24) is 0 Å². The van der Waals surface area contributed by atoms with Crippen LogP contribution in [0, 0.1) is 0 Å². The van der Waals surface area contributed by atoms with Gasteiger partial charge in [-0.15, -0.1) is 0 Å². The van der Waals surface area contributed by atoms with Crippen LogP contribution in [0.3, 0.4) is 0 Å². The average Bonchev–Trinajstić information content (AvgIpc) is 2.84. The van der Waals surface area contributed by atoms with Gasteiger partial charge in [-0.05, 0) is 0 Å². The number of carbonyl (C=O) groups is 4. The third-order valence-corrected chi connectivity index (χ3v) is 16.7. The maximum Gasteiger partial charge on any atom is 0.315 e. The lowest BCUT2D eigenvalue weighted by Gasteiger charge is -2.39. The van der Waals surface area contributed by atoms with Crippen LogP contribution in [0.4, 0.5) is 0 Å². The summed E-state index contributed by atoms with van der Waals surface area (Å²) in [5, 5.41) is 42.2. The van der Waals surface area contributed by atoms with Crippen molar-refractivity contribution in [2.24, 2.45) is 0 Å². The van der Waals surface area contributed by atoms with Crippen molar-refractivity contribution >= 4 is 60.8 Å². The molecule has 0 saturated carbocycles.